The van der Waals surface area contributed by atoms with Crippen LogP contribution in [0.4, 0.5) is 0 Å². The molecular weight excluding hydrogens is 364 g/mol. The van der Waals surface area contributed by atoms with Crippen LogP contribution in [0.15, 0.2) is 9.90 Å². The van der Waals surface area contributed by atoms with Gasteiger partial charge in [-0.2, -0.15) is 0 Å². The maximum Gasteiger partial charge on any atom is 0.252 e. The molecule has 2 amide bonds. The Morgan fingerprint density at radius 2 is 2.19 bits per heavy atom. The van der Waals surface area contributed by atoms with E-state index >= 15 is 0 Å². The number of rotatable bonds is 6. The second-order valence-electron chi connectivity index (χ2n) is 7.34. The number of nitrogens with zero attached hydrogens (tertiary/aromatic N) is 2. The number of carbonyl (C=O) groups excluding carboxylic acids is 2. The molecule has 3 heterocycles. The third kappa shape index (κ3) is 4.06. The largest absolute Gasteiger partial charge is 0.361 e. The lowest BCUT2D eigenvalue weighted by Crippen LogP contribution is -2.38. The molecule has 0 radical (unpaired) electrons. The summed E-state index contributed by atoms with van der Waals surface area (Å²) in [4.78, 5) is 27.8. The van der Waals surface area contributed by atoms with Crippen molar-refractivity contribution in [3.8, 4) is 0 Å². The molecule has 2 aromatic heterocycles. The Bertz CT molecular complexity index is 849. The molecule has 8 heteroatoms. The summed E-state index contributed by atoms with van der Waals surface area (Å²) in [6.45, 7) is 6.46. The minimum atomic E-state index is -0.155. The maximum atomic E-state index is 12.5. The molecule has 0 saturated heterocycles. The van der Waals surface area contributed by atoms with Crippen LogP contribution in [-0.4, -0.2) is 41.0 Å². The Morgan fingerprint density at radius 3 is 2.89 bits per heavy atom. The molecule has 7 nitrogen and oxygen atoms in total. The van der Waals surface area contributed by atoms with Crippen molar-refractivity contribution in [3.63, 3.8) is 0 Å². The molecule has 0 unspecified atom stereocenters. The van der Waals surface area contributed by atoms with Crippen molar-refractivity contribution < 1.29 is 14.1 Å². The zero-order valence-electron chi connectivity index (χ0n) is 15.6. The van der Waals surface area contributed by atoms with Crippen LogP contribution in [0.25, 0.3) is 0 Å². The Labute approximate surface area is 162 Å². The van der Waals surface area contributed by atoms with Crippen molar-refractivity contribution in [1.29, 1.82) is 0 Å². The van der Waals surface area contributed by atoms with Crippen LogP contribution >= 0.6 is 11.3 Å². The molecule has 4 rings (SSSR count). The van der Waals surface area contributed by atoms with Crippen molar-refractivity contribution >= 4 is 23.2 Å². The van der Waals surface area contributed by atoms with Crippen molar-refractivity contribution in [2.24, 2.45) is 0 Å². The van der Waals surface area contributed by atoms with Crippen molar-refractivity contribution in [2.45, 2.75) is 52.2 Å². The van der Waals surface area contributed by atoms with E-state index in [1.807, 2.05) is 19.2 Å². The summed E-state index contributed by atoms with van der Waals surface area (Å²) in [6, 6.07) is 0.312. The van der Waals surface area contributed by atoms with Gasteiger partial charge in [-0.25, -0.2) is 0 Å². The molecule has 1 aliphatic heterocycles. The van der Waals surface area contributed by atoms with Gasteiger partial charge in [-0.1, -0.05) is 5.16 Å². The molecule has 0 aromatic carbocycles. The molecule has 27 heavy (non-hydrogen) atoms. The zero-order valence-corrected chi connectivity index (χ0v) is 16.4. The first-order valence-corrected chi connectivity index (χ1v) is 10.2. The molecule has 1 fully saturated rings. The summed E-state index contributed by atoms with van der Waals surface area (Å²) in [5.74, 6) is 0.604. The highest BCUT2D eigenvalue weighted by molar-refractivity contribution is 7.10. The van der Waals surface area contributed by atoms with E-state index in [1.54, 1.807) is 11.3 Å². The standard InChI is InChI=1S/C19H24N4O3S/c1-11-15(12(2)26-22-11)8-23-6-5-14-16(10-27-17(14)9-23)19(25)20-7-18(24)21-13-3-4-13/h10,13H,3-9H2,1-2H3,(H,20,25)(H,21,24). The Balaban J connectivity index is 1.36. The summed E-state index contributed by atoms with van der Waals surface area (Å²) in [6.07, 6.45) is 2.92. The van der Waals surface area contributed by atoms with E-state index in [9.17, 15) is 9.59 Å². The fourth-order valence-corrected chi connectivity index (χ4v) is 4.54. The van der Waals surface area contributed by atoms with Crippen molar-refractivity contribution in [1.82, 2.24) is 20.7 Å². The van der Waals surface area contributed by atoms with Crippen LogP contribution in [0.3, 0.4) is 0 Å². The van der Waals surface area contributed by atoms with E-state index in [4.69, 9.17) is 4.52 Å². The smallest absolute Gasteiger partial charge is 0.252 e. The molecule has 2 aromatic rings. The number of carbonyl (C=O) groups is 2. The van der Waals surface area contributed by atoms with E-state index in [0.29, 0.717) is 11.6 Å². The number of aryl methyl sites for hydroxylation is 2. The maximum absolute atomic E-state index is 12.5. The number of fused-ring (bicyclic) bond motifs is 1. The SMILES string of the molecule is Cc1noc(C)c1CN1CCc2c(C(=O)NCC(=O)NC3CC3)csc2C1. The quantitative estimate of drug-likeness (QED) is 0.789. The van der Waals surface area contributed by atoms with Gasteiger partial charge in [0, 0.05) is 41.5 Å². The molecule has 1 saturated carbocycles. The predicted molar refractivity (Wildman–Crippen MR) is 102 cm³/mol. The van der Waals surface area contributed by atoms with Crippen LogP contribution in [-0.2, 0) is 24.3 Å². The fourth-order valence-electron chi connectivity index (χ4n) is 3.42. The molecular formula is C19H24N4O3S. The van der Waals surface area contributed by atoms with Crippen molar-refractivity contribution in [3.05, 3.63) is 38.4 Å². The topological polar surface area (TPSA) is 87.5 Å². The van der Waals surface area contributed by atoms with Gasteiger partial charge < -0.3 is 15.2 Å². The average molecular weight is 388 g/mol. The summed E-state index contributed by atoms with van der Waals surface area (Å²) in [5, 5.41) is 11.6. The summed E-state index contributed by atoms with van der Waals surface area (Å²) in [5.41, 5.74) is 3.92. The van der Waals surface area contributed by atoms with E-state index < -0.39 is 0 Å². The second kappa shape index (κ2) is 7.44. The highest BCUT2D eigenvalue weighted by Crippen LogP contribution is 2.30. The summed E-state index contributed by atoms with van der Waals surface area (Å²) in [7, 11) is 0. The zero-order chi connectivity index (χ0) is 19.0. The Kier molecular flexibility index (Phi) is 5.01. The summed E-state index contributed by atoms with van der Waals surface area (Å²) >= 11 is 1.62. The normalized spacial score (nSPS) is 16.8. The van der Waals surface area contributed by atoms with Gasteiger partial charge in [0.2, 0.25) is 5.91 Å². The van der Waals surface area contributed by atoms with Gasteiger partial charge in [-0.3, -0.25) is 14.5 Å². The lowest BCUT2D eigenvalue weighted by Gasteiger charge is -2.27. The number of nitrogens with one attached hydrogen (secondary N) is 2. The van der Waals surface area contributed by atoms with Crippen molar-refractivity contribution in [2.75, 3.05) is 13.1 Å². The first-order valence-electron chi connectivity index (χ1n) is 9.32. The lowest BCUT2D eigenvalue weighted by atomic mass is 10.0. The Hall–Kier alpha value is -2.19. The molecule has 1 aliphatic carbocycles. The first kappa shape index (κ1) is 18.2. The fraction of sp³-hybridized carbons (Fsp3) is 0.526. The molecule has 2 N–H and O–H groups in total. The number of hydrogen-bond donors (Lipinski definition) is 2. The average Bonchev–Trinajstić information content (AvgIpc) is 3.28. The third-order valence-corrected chi connectivity index (χ3v) is 6.20. The van der Waals surface area contributed by atoms with Gasteiger partial charge in [-0.15, -0.1) is 11.3 Å². The highest BCUT2D eigenvalue weighted by Gasteiger charge is 2.26. The molecule has 2 aliphatic rings. The third-order valence-electron chi connectivity index (χ3n) is 5.19. The minimum Gasteiger partial charge on any atom is -0.361 e. The lowest BCUT2D eigenvalue weighted by molar-refractivity contribution is -0.120. The molecule has 0 spiro atoms. The van der Waals surface area contributed by atoms with Crippen LogP contribution < -0.4 is 10.6 Å². The van der Waals surface area contributed by atoms with Gasteiger partial charge in [0.15, 0.2) is 0 Å². The van der Waals surface area contributed by atoms with Crippen LogP contribution in [0, 0.1) is 13.8 Å². The second-order valence-corrected chi connectivity index (χ2v) is 8.30. The molecule has 0 atom stereocenters. The van der Waals surface area contributed by atoms with E-state index in [0.717, 1.165) is 61.5 Å². The van der Waals surface area contributed by atoms with E-state index in [1.165, 1.54) is 4.88 Å². The highest BCUT2D eigenvalue weighted by atomic mass is 32.1. The minimum absolute atomic E-state index is 0.0398. The number of amides is 2. The predicted octanol–water partition coefficient (Wildman–Crippen LogP) is 1.92. The van der Waals surface area contributed by atoms with E-state index in [-0.39, 0.29) is 18.4 Å². The van der Waals surface area contributed by atoms with E-state index in [2.05, 4.69) is 20.7 Å². The molecule has 144 valence electrons. The van der Waals surface area contributed by atoms with Gasteiger partial charge in [0.05, 0.1) is 17.8 Å². The van der Waals surface area contributed by atoms with Gasteiger partial charge >= 0.3 is 0 Å². The van der Waals surface area contributed by atoms with Crippen LogP contribution in [0.1, 0.15) is 50.7 Å². The number of aromatic nitrogens is 1. The number of hydrogen-bond acceptors (Lipinski definition) is 6. The van der Waals surface area contributed by atoms with Crippen LogP contribution in [0.2, 0.25) is 0 Å². The summed E-state index contributed by atoms with van der Waals surface area (Å²) < 4.78 is 5.26. The monoisotopic (exact) mass is 388 g/mol. The Morgan fingerprint density at radius 1 is 1.37 bits per heavy atom. The first-order chi connectivity index (χ1) is 13.0. The van der Waals surface area contributed by atoms with Gasteiger partial charge in [0.1, 0.15) is 5.76 Å². The molecule has 0 bridgehead atoms. The van der Waals surface area contributed by atoms with Gasteiger partial charge in [0.25, 0.3) is 5.91 Å². The van der Waals surface area contributed by atoms with Gasteiger partial charge in [-0.05, 0) is 38.7 Å². The number of thiophene rings is 1. The van der Waals surface area contributed by atoms with Crippen LogP contribution in [0.5, 0.6) is 0 Å².